The van der Waals surface area contributed by atoms with Crippen molar-refractivity contribution in [2.45, 2.75) is 11.7 Å². The number of carbonyl (C=O) groups excluding carboxylic acids is 2. The van der Waals surface area contributed by atoms with Gasteiger partial charge >= 0.3 is 0 Å². The molecule has 0 saturated carbocycles. The highest BCUT2D eigenvalue weighted by molar-refractivity contribution is 7.99. The first-order valence-corrected chi connectivity index (χ1v) is 11.9. The Kier molecular flexibility index (Phi) is 7.45. The highest BCUT2D eigenvalue weighted by Gasteiger charge is 2.23. The summed E-state index contributed by atoms with van der Waals surface area (Å²) in [7, 11) is 0. The molecule has 3 aromatic rings. The largest absolute Gasteiger partial charge is 0.339 e. The lowest BCUT2D eigenvalue weighted by Gasteiger charge is -2.34. The Balaban J connectivity index is 1.19. The van der Waals surface area contributed by atoms with Crippen LogP contribution in [0.3, 0.4) is 0 Å². The topological polar surface area (TPSA) is 96.2 Å². The number of tetrazole rings is 1. The molecule has 1 aliphatic heterocycles. The van der Waals surface area contributed by atoms with Gasteiger partial charge in [-0.3, -0.25) is 14.5 Å². The fraction of sp³-hybridized carbons (Fsp3) is 0.350. The molecule has 12 heteroatoms. The minimum absolute atomic E-state index is 0.0242. The fourth-order valence-corrected chi connectivity index (χ4v) is 4.72. The monoisotopic (exact) mass is 475 g/mol. The number of benzene rings is 1. The predicted octanol–water partition coefficient (Wildman–Crippen LogP) is 1.80. The van der Waals surface area contributed by atoms with E-state index in [0.29, 0.717) is 43.6 Å². The molecule has 0 spiro atoms. The van der Waals surface area contributed by atoms with Gasteiger partial charge in [0.2, 0.25) is 17.0 Å². The van der Waals surface area contributed by atoms with Gasteiger partial charge in [0, 0.05) is 36.7 Å². The van der Waals surface area contributed by atoms with E-state index in [0.717, 1.165) is 4.88 Å². The molecule has 1 aromatic carbocycles. The zero-order valence-corrected chi connectivity index (χ0v) is 18.8. The first kappa shape index (κ1) is 22.4. The van der Waals surface area contributed by atoms with Gasteiger partial charge in [-0.05, 0) is 46.1 Å². The van der Waals surface area contributed by atoms with Crippen molar-refractivity contribution in [1.82, 2.24) is 30.0 Å². The minimum Gasteiger partial charge on any atom is -0.339 e. The average Bonchev–Trinajstić information content (AvgIpc) is 3.46. The van der Waals surface area contributed by atoms with Crippen molar-refractivity contribution in [2.24, 2.45) is 0 Å². The zero-order chi connectivity index (χ0) is 22.3. The SMILES string of the molecule is O=C(CN1CCN(C(=O)CSc2nnnn2Cc2cccs2)CC1)Nc1ccc(F)cc1. The van der Waals surface area contributed by atoms with Crippen molar-refractivity contribution in [3.8, 4) is 0 Å². The summed E-state index contributed by atoms with van der Waals surface area (Å²) in [4.78, 5) is 29.8. The molecule has 1 fully saturated rings. The van der Waals surface area contributed by atoms with Gasteiger partial charge in [-0.25, -0.2) is 9.07 Å². The maximum absolute atomic E-state index is 13.0. The van der Waals surface area contributed by atoms with E-state index >= 15 is 0 Å². The zero-order valence-electron chi connectivity index (χ0n) is 17.2. The number of thiophene rings is 1. The molecule has 2 amide bonds. The summed E-state index contributed by atoms with van der Waals surface area (Å²) in [5.41, 5.74) is 0.559. The molecule has 0 unspecified atom stereocenters. The van der Waals surface area contributed by atoms with Crippen LogP contribution >= 0.6 is 23.1 Å². The van der Waals surface area contributed by atoms with Crippen LogP contribution in [0.2, 0.25) is 0 Å². The van der Waals surface area contributed by atoms with E-state index in [1.165, 1.54) is 36.0 Å². The van der Waals surface area contributed by atoms with Crippen LogP contribution in [0.5, 0.6) is 0 Å². The molecule has 0 aliphatic carbocycles. The molecule has 0 radical (unpaired) electrons. The molecular formula is C20H22FN7O2S2. The number of nitrogens with one attached hydrogen (secondary N) is 1. The maximum atomic E-state index is 13.0. The number of piperazine rings is 1. The second-order valence-corrected chi connectivity index (χ2v) is 9.17. The molecule has 0 bridgehead atoms. The number of amides is 2. The van der Waals surface area contributed by atoms with E-state index < -0.39 is 0 Å². The van der Waals surface area contributed by atoms with Gasteiger partial charge in [0.1, 0.15) is 5.82 Å². The molecule has 2 aromatic heterocycles. The number of halogens is 1. The number of hydrogen-bond acceptors (Lipinski definition) is 8. The quantitative estimate of drug-likeness (QED) is 0.496. The summed E-state index contributed by atoms with van der Waals surface area (Å²) < 4.78 is 14.7. The lowest BCUT2D eigenvalue weighted by atomic mass is 10.3. The summed E-state index contributed by atoms with van der Waals surface area (Å²) in [6, 6.07) is 9.66. The summed E-state index contributed by atoms with van der Waals surface area (Å²) >= 11 is 2.96. The molecule has 168 valence electrons. The minimum atomic E-state index is -0.346. The molecule has 0 atom stereocenters. The Morgan fingerprint density at radius 2 is 1.91 bits per heavy atom. The third kappa shape index (κ3) is 6.11. The number of carbonyl (C=O) groups is 2. The highest BCUT2D eigenvalue weighted by atomic mass is 32.2. The lowest BCUT2D eigenvalue weighted by Crippen LogP contribution is -2.50. The first-order valence-electron chi connectivity index (χ1n) is 10.0. The fourth-order valence-electron chi connectivity index (χ4n) is 3.26. The first-order chi connectivity index (χ1) is 15.6. The number of anilines is 1. The van der Waals surface area contributed by atoms with E-state index in [4.69, 9.17) is 0 Å². The number of thioether (sulfide) groups is 1. The van der Waals surface area contributed by atoms with E-state index in [1.807, 2.05) is 22.4 Å². The molecule has 4 rings (SSSR count). The maximum Gasteiger partial charge on any atom is 0.238 e. The Morgan fingerprint density at radius 3 is 2.62 bits per heavy atom. The summed E-state index contributed by atoms with van der Waals surface area (Å²) in [6.45, 7) is 3.16. The van der Waals surface area contributed by atoms with Crippen LogP contribution < -0.4 is 5.32 Å². The number of aromatic nitrogens is 4. The van der Waals surface area contributed by atoms with Gasteiger partial charge in [0.15, 0.2) is 0 Å². The van der Waals surface area contributed by atoms with E-state index in [-0.39, 0.29) is 29.9 Å². The average molecular weight is 476 g/mol. The molecule has 1 aliphatic rings. The van der Waals surface area contributed by atoms with Gasteiger partial charge < -0.3 is 10.2 Å². The molecule has 1 N–H and O–H groups in total. The molecular weight excluding hydrogens is 453 g/mol. The van der Waals surface area contributed by atoms with Gasteiger partial charge in [-0.2, -0.15) is 0 Å². The molecule has 3 heterocycles. The summed E-state index contributed by atoms with van der Waals surface area (Å²) in [5.74, 6) is -0.225. The Labute approximate surface area is 192 Å². The highest BCUT2D eigenvalue weighted by Crippen LogP contribution is 2.18. The van der Waals surface area contributed by atoms with Crippen LogP contribution in [-0.4, -0.2) is 80.3 Å². The number of hydrogen-bond donors (Lipinski definition) is 1. The Bertz CT molecular complexity index is 1030. The third-order valence-electron chi connectivity index (χ3n) is 4.93. The van der Waals surface area contributed by atoms with E-state index in [2.05, 4.69) is 20.8 Å². The van der Waals surface area contributed by atoms with Gasteiger partial charge in [-0.1, -0.05) is 17.8 Å². The van der Waals surface area contributed by atoms with Gasteiger partial charge in [-0.15, -0.1) is 16.4 Å². The van der Waals surface area contributed by atoms with Crippen molar-refractivity contribution in [3.63, 3.8) is 0 Å². The van der Waals surface area contributed by atoms with Crippen molar-refractivity contribution >= 4 is 40.6 Å². The van der Waals surface area contributed by atoms with Crippen LogP contribution in [-0.2, 0) is 16.1 Å². The van der Waals surface area contributed by atoms with Crippen LogP contribution in [0.1, 0.15) is 4.88 Å². The van der Waals surface area contributed by atoms with E-state index in [1.54, 1.807) is 20.9 Å². The normalized spacial score (nSPS) is 14.5. The van der Waals surface area contributed by atoms with Crippen molar-refractivity contribution in [3.05, 3.63) is 52.5 Å². The van der Waals surface area contributed by atoms with E-state index in [9.17, 15) is 14.0 Å². The summed E-state index contributed by atoms with van der Waals surface area (Å²) in [6.07, 6.45) is 0. The smallest absolute Gasteiger partial charge is 0.238 e. The standard InChI is InChI=1S/C20H22FN7O2S2/c21-15-3-5-16(6-4-15)22-18(29)13-26-7-9-27(10-8-26)19(30)14-32-20-23-24-25-28(20)12-17-2-1-11-31-17/h1-6,11H,7-10,12-14H2,(H,22,29). The summed E-state index contributed by atoms with van der Waals surface area (Å²) in [5, 5.41) is 17.1. The van der Waals surface area contributed by atoms with Crippen LogP contribution in [0.25, 0.3) is 0 Å². The predicted molar refractivity (Wildman–Crippen MR) is 120 cm³/mol. The second kappa shape index (κ2) is 10.7. The second-order valence-electron chi connectivity index (χ2n) is 7.20. The van der Waals surface area contributed by atoms with Crippen LogP contribution in [0, 0.1) is 5.82 Å². The van der Waals surface area contributed by atoms with Crippen molar-refractivity contribution < 1.29 is 14.0 Å². The van der Waals surface area contributed by atoms with Crippen LogP contribution in [0.15, 0.2) is 46.9 Å². The Morgan fingerprint density at radius 1 is 1.12 bits per heavy atom. The van der Waals surface area contributed by atoms with Crippen LogP contribution in [0.4, 0.5) is 10.1 Å². The van der Waals surface area contributed by atoms with Crippen molar-refractivity contribution in [2.75, 3.05) is 43.8 Å². The lowest BCUT2D eigenvalue weighted by molar-refractivity contribution is -0.130. The Hall–Kier alpha value is -2.83. The number of rotatable bonds is 8. The molecule has 32 heavy (non-hydrogen) atoms. The van der Waals surface area contributed by atoms with Gasteiger partial charge in [0.05, 0.1) is 18.8 Å². The molecule has 9 nitrogen and oxygen atoms in total. The number of nitrogens with zero attached hydrogens (tertiary/aromatic N) is 6. The van der Waals surface area contributed by atoms with Crippen molar-refractivity contribution in [1.29, 1.82) is 0 Å². The third-order valence-corrected chi connectivity index (χ3v) is 6.73. The van der Waals surface area contributed by atoms with Gasteiger partial charge in [0.25, 0.3) is 0 Å². The molecule has 1 saturated heterocycles.